The molecule has 17 heavy (non-hydrogen) atoms. The van der Waals surface area contributed by atoms with Crippen LogP contribution in [0.15, 0.2) is 42.5 Å². The van der Waals surface area contributed by atoms with E-state index in [-0.39, 0.29) is 0 Å². The van der Waals surface area contributed by atoms with Gasteiger partial charge in [-0.1, -0.05) is 30.3 Å². The van der Waals surface area contributed by atoms with Crippen molar-refractivity contribution in [3.8, 4) is 17.3 Å². The minimum Gasteiger partial charge on any atom is -0.368 e. The fraction of sp³-hybridized carbons (Fsp3) is 0.154. The third kappa shape index (κ3) is 3.02. The van der Waals surface area contributed by atoms with Crippen LogP contribution in [0.2, 0.25) is 0 Å². The third-order valence-electron chi connectivity index (χ3n) is 2.28. The molecular formula is C13H12N4. The van der Waals surface area contributed by atoms with Crippen LogP contribution >= 0.6 is 0 Å². The van der Waals surface area contributed by atoms with E-state index < -0.39 is 0 Å². The number of benzene rings is 1. The molecule has 0 aliphatic rings. The first-order chi connectivity index (χ1) is 8.40. The molecule has 2 rings (SSSR count). The molecule has 1 heterocycles. The molecule has 0 bridgehead atoms. The van der Waals surface area contributed by atoms with Gasteiger partial charge in [-0.3, -0.25) is 0 Å². The second-order valence-corrected chi connectivity index (χ2v) is 3.50. The van der Waals surface area contributed by atoms with Crippen molar-refractivity contribution in [1.29, 1.82) is 5.26 Å². The van der Waals surface area contributed by atoms with Gasteiger partial charge in [0.1, 0.15) is 5.82 Å². The van der Waals surface area contributed by atoms with Gasteiger partial charge in [0.25, 0.3) is 0 Å². The number of nitrogens with zero attached hydrogens (tertiary/aromatic N) is 3. The van der Waals surface area contributed by atoms with Gasteiger partial charge in [-0.05, 0) is 12.1 Å². The van der Waals surface area contributed by atoms with E-state index in [0.29, 0.717) is 18.8 Å². The fourth-order valence-corrected chi connectivity index (χ4v) is 1.44. The molecular weight excluding hydrogens is 212 g/mol. The monoisotopic (exact) mass is 224 g/mol. The summed E-state index contributed by atoms with van der Waals surface area (Å²) in [5, 5.41) is 19.6. The zero-order valence-electron chi connectivity index (χ0n) is 9.30. The summed E-state index contributed by atoms with van der Waals surface area (Å²) in [4.78, 5) is 0. The van der Waals surface area contributed by atoms with Crippen molar-refractivity contribution in [2.75, 3.05) is 11.9 Å². The molecule has 1 N–H and O–H groups in total. The van der Waals surface area contributed by atoms with Gasteiger partial charge in [-0.2, -0.15) is 5.26 Å². The molecule has 0 saturated heterocycles. The highest BCUT2D eigenvalue weighted by Gasteiger charge is 1.99. The van der Waals surface area contributed by atoms with Crippen LogP contribution in [0.5, 0.6) is 0 Å². The Kier molecular flexibility index (Phi) is 3.66. The number of rotatable bonds is 4. The summed E-state index contributed by atoms with van der Waals surface area (Å²) in [6.07, 6.45) is 0.460. The van der Waals surface area contributed by atoms with E-state index in [1.54, 1.807) is 0 Å². The van der Waals surface area contributed by atoms with Crippen LogP contribution in [0.3, 0.4) is 0 Å². The van der Waals surface area contributed by atoms with Crippen molar-refractivity contribution < 1.29 is 0 Å². The summed E-state index contributed by atoms with van der Waals surface area (Å²) in [7, 11) is 0. The van der Waals surface area contributed by atoms with Gasteiger partial charge in [-0.15, -0.1) is 10.2 Å². The summed E-state index contributed by atoms with van der Waals surface area (Å²) in [6.45, 7) is 0.593. The van der Waals surface area contributed by atoms with Crippen molar-refractivity contribution in [2.24, 2.45) is 0 Å². The van der Waals surface area contributed by atoms with Gasteiger partial charge in [0.05, 0.1) is 18.2 Å². The summed E-state index contributed by atoms with van der Waals surface area (Å²) in [6, 6.07) is 15.7. The zero-order chi connectivity index (χ0) is 11.9. The van der Waals surface area contributed by atoms with Gasteiger partial charge in [0.2, 0.25) is 0 Å². The lowest BCUT2D eigenvalue weighted by atomic mass is 10.1. The Bertz CT molecular complexity index is 499. The highest BCUT2D eigenvalue weighted by Crippen LogP contribution is 2.15. The van der Waals surface area contributed by atoms with Gasteiger partial charge in [0, 0.05) is 12.1 Å². The Balaban J connectivity index is 2.06. The molecule has 0 fully saturated rings. The van der Waals surface area contributed by atoms with Crippen molar-refractivity contribution in [3.05, 3.63) is 42.5 Å². The highest BCUT2D eigenvalue weighted by molar-refractivity contribution is 5.59. The minimum atomic E-state index is 0.460. The second-order valence-electron chi connectivity index (χ2n) is 3.50. The largest absolute Gasteiger partial charge is 0.368 e. The minimum absolute atomic E-state index is 0.460. The first-order valence-corrected chi connectivity index (χ1v) is 5.40. The molecule has 0 amide bonds. The smallest absolute Gasteiger partial charge is 0.148 e. The maximum absolute atomic E-state index is 8.41. The van der Waals surface area contributed by atoms with E-state index in [4.69, 9.17) is 5.26 Å². The normalized spacial score (nSPS) is 9.59. The molecule has 0 aliphatic carbocycles. The van der Waals surface area contributed by atoms with Crippen molar-refractivity contribution in [2.45, 2.75) is 6.42 Å². The molecule has 0 spiro atoms. The number of anilines is 1. The molecule has 0 radical (unpaired) electrons. The molecule has 1 aromatic carbocycles. The molecule has 0 saturated carbocycles. The summed E-state index contributed by atoms with van der Waals surface area (Å²) >= 11 is 0. The predicted molar refractivity (Wildman–Crippen MR) is 66.2 cm³/mol. The first-order valence-electron chi connectivity index (χ1n) is 5.40. The van der Waals surface area contributed by atoms with Crippen LogP contribution in [0.1, 0.15) is 6.42 Å². The van der Waals surface area contributed by atoms with Gasteiger partial charge in [-0.25, -0.2) is 0 Å². The SMILES string of the molecule is N#CCCNc1ccc(-c2ccccc2)nn1. The van der Waals surface area contributed by atoms with Crippen LogP contribution in [-0.2, 0) is 0 Å². The summed E-state index contributed by atoms with van der Waals surface area (Å²) < 4.78 is 0. The van der Waals surface area contributed by atoms with Crippen molar-refractivity contribution >= 4 is 5.82 Å². The Labute approximate surface area is 99.9 Å². The molecule has 4 heteroatoms. The van der Waals surface area contributed by atoms with Gasteiger partial charge in [0.15, 0.2) is 0 Å². The molecule has 0 unspecified atom stereocenters. The average Bonchev–Trinajstić information content (AvgIpc) is 2.41. The lowest BCUT2D eigenvalue weighted by Gasteiger charge is -2.03. The second kappa shape index (κ2) is 5.61. The van der Waals surface area contributed by atoms with E-state index >= 15 is 0 Å². The van der Waals surface area contributed by atoms with E-state index in [9.17, 15) is 0 Å². The lowest BCUT2D eigenvalue weighted by Crippen LogP contribution is -2.03. The van der Waals surface area contributed by atoms with E-state index in [2.05, 4.69) is 21.6 Å². The molecule has 1 aromatic heterocycles. The Morgan fingerprint density at radius 1 is 1.06 bits per heavy atom. The van der Waals surface area contributed by atoms with Crippen LogP contribution in [0, 0.1) is 11.3 Å². The molecule has 0 aliphatic heterocycles. The Morgan fingerprint density at radius 3 is 2.53 bits per heavy atom. The fourth-order valence-electron chi connectivity index (χ4n) is 1.44. The van der Waals surface area contributed by atoms with Crippen LogP contribution in [0.25, 0.3) is 11.3 Å². The van der Waals surface area contributed by atoms with Crippen LogP contribution in [-0.4, -0.2) is 16.7 Å². The molecule has 2 aromatic rings. The number of aromatic nitrogens is 2. The van der Waals surface area contributed by atoms with Crippen LogP contribution < -0.4 is 5.32 Å². The standard InChI is InChI=1S/C13H12N4/c14-9-4-10-15-13-8-7-12(16-17-13)11-5-2-1-3-6-11/h1-3,5-8H,4,10H2,(H,15,17). The number of hydrogen-bond acceptors (Lipinski definition) is 4. The Hall–Kier alpha value is -2.41. The lowest BCUT2D eigenvalue weighted by molar-refractivity contribution is 0.992. The van der Waals surface area contributed by atoms with E-state index in [1.165, 1.54) is 0 Å². The maximum atomic E-state index is 8.41. The first kappa shape index (κ1) is 11.1. The van der Waals surface area contributed by atoms with Crippen molar-refractivity contribution in [3.63, 3.8) is 0 Å². The van der Waals surface area contributed by atoms with E-state index in [1.807, 2.05) is 42.5 Å². The summed E-state index contributed by atoms with van der Waals surface area (Å²) in [5.41, 5.74) is 1.89. The number of nitrogens with one attached hydrogen (secondary N) is 1. The quantitative estimate of drug-likeness (QED) is 0.810. The van der Waals surface area contributed by atoms with Gasteiger partial charge >= 0.3 is 0 Å². The Morgan fingerprint density at radius 2 is 1.88 bits per heavy atom. The average molecular weight is 224 g/mol. The van der Waals surface area contributed by atoms with Gasteiger partial charge < -0.3 is 5.32 Å². The number of hydrogen-bond donors (Lipinski definition) is 1. The highest BCUT2D eigenvalue weighted by atomic mass is 15.2. The zero-order valence-corrected chi connectivity index (χ0v) is 9.30. The predicted octanol–water partition coefficient (Wildman–Crippen LogP) is 2.47. The number of nitriles is 1. The maximum Gasteiger partial charge on any atom is 0.148 e. The molecule has 4 nitrogen and oxygen atoms in total. The third-order valence-corrected chi connectivity index (χ3v) is 2.28. The molecule has 0 atom stereocenters. The molecule has 84 valence electrons. The van der Waals surface area contributed by atoms with E-state index in [0.717, 1.165) is 11.3 Å². The topological polar surface area (TPSA) is 61.6 Å². The summed E-state index contributed by atoms with van der Waals surface area (Å²) in [5.74, 6) is 0.694. The van der Waals surface area contributed by atoms with Crippen molar-refractivity contribution in [1.82, 2.24) is 10.2 Å². The van der Waals surface area contributed by atoms with Crippen LogP contribution in [0.4, 0.5) is 5.82 Å².